The van der Waals surface area contributed by atoms with Gasteiger partial charge in [0.2, 0.25) is 5.91 Å². The molecule has 26 heavy (non-hydrogen) atoms. The van der Waals surface area contributed by atoms with Gasteiger partial charge >= 0.3 is 0 Å². The Morgan fingerprint density at radius 3 is 2.54 bits per heavy atom. The molecule has 1 heterocycles. The van der Waals surface area contributed by atoms with Gasteiger partial charge in [0.15, 0.2) is 0 Å². The van der Waals surface area contributed by atoms with Crippen molar-refractivity contribution in [3.8, 4) is 0 Å². The first kappa shape index (κ1) is 18.1. The maximum atomic E-state index is 12.5. The molecule has 1 unspecified atom stereocenters. The lowest BCUT2D eigenvalue weighted by Gasteiger charge is -2.27. The van der Waals surface area contributed by atoms with E-state index >= 15 is 0 Å². The second-order valence-corrected chi connectivity index (χ2v) is 6.25. The number of anilines is 1. The average molecular weight is 353 g/mol. The SMILES string of the molecule is NC(CC(=O)Nc1cccc(C(=O)N2CCOCC2)c1)c1ccccc1. The monoisotopic (exact) mass is 353 g/mol. The third kappa shape index (κ3) is 4.68. The first-order valence-electron chi connectivity index (χ1n) is 8.71. The van der Waals surface area contributed by atoms with E-state index in [4.69, 9.17) is 10.5 Å². The number of nitrogens with one attached hydrogen (secondary N) is 1. The van der Waals surface area contributed by atoms with E-state index in [9.17, 15) is 9.59 Å². The van der Waals surface area contributed by atoms with E-state index in [2.05, 4.69) is 5.32 Å². The van der Waals surface area contributed by atoms with E-state index in [-0.39, 0.29) is 24.3 Å². The van der Waals surface area contributed by atoms with Crippen LogP contribution >= 0.6 is 0 Å². The molecule has 3 N–H and O–H groups in total. The Labute approximate surface area is 152 Å². The van der Waals surface area contributed by atoms with E-state index in [1.165, 1.54) is 0 Å². The normalized spacial score (nSPS) is 15.3. The lowest BCUT2D eigenvalue weighted by molar-refractivity contribution is -0.116. The highest BCUT2D eigenvalue weighted by Crippen LogP contribution is 2.17. The predicted molar refractivity (Wildman–Crippen MR) is 99.8 cm³/mol. The van der Waals surface area contributed by atoms with Gasteiger partial charge in [-0.25, -0.2) is 0 Å². The number of carbonyl (C=O) groups is 2. The first-order chi connectivity index (χ1) is 12.6. The lowest BCUT2D eigenvalue weighted by atomic mass is 10.0. The third-order valence-electron chi connectivity index (χ3n) is 4.32. The number of carbonyl (C=O) groups excluding carboxylic acids is 2. The van der Waals surface area contributed by atoms with E-state index < -0.39 is 0 Å². The topological polar surface area (TPSA) is 84.7 Å². The Hall–Kier alpha value is -2.70. The van der Waals surface area contributed by atoms with Gasteiger partial charge < -0.3 is 20.7 Å². The van der Waals surface area contributed by atoms with Crippen molar-refractivity contribution in [1.82, 2.24) is 4.90 Å². The van der Waals surface area contributed by atoms with Crippen LogP contribution in [0.15, 0.2) is 54.6 Å². The molecule has 1 fully saturated rings. The molecule has 136 valence electrons. The Kier molecular flexibility index (Phi) is 5.99. The summed E-state index contributed by atoms with van der Waals surface area (Å²) in [7, 11) is 0. The highest BCUT2D eigenvalue weighted by molar-refractivity contribution is 5.97. The minimum absolute atomic E-state index is 0.0506. The van der Waals surface area contributed by atoms with Crippen LogP contribution in [0.1, 0.15) is 28.4 Å². The summed E-state index contributed by atoms with van der Waals surface area (Å²) >= 11 is 0. The fourth-order valence-electron chi connectivity index (χ4n) is 2.91. The summed E-state index contributed by atoms with van der Waals surface area (Å²) in [6.45, 7) is 2.28. The average Bonchev–Trinajstić information content (AvgIpc) is 2.69. The van der Waals surface area contributed by atoms with E-state index in [0.717, 1.165) is 5.56 Å². The second kappa shape index (κ2) is 8.60. The van der Waals surface area contributed by atoms with Crippen LogP contribution in [-0.2, 0) is 9.53 Å². The van der Waals surface area contributed by atoms with Crippen molar-refractivity contribution in [2.24, 2.45) is 5.73 Å². The van der Waals surface area contributed by atoms with Crippen LogP contribution < -0.4 is 11.1 Å². The van der Waals surface area contributed by atoms with Crippen LogP contribution in [0.5, 0.6) is 0 Å². The van der Waals surface area contributed by atoms with Crippen molar-refractivity contribution < 1.29 is 14.3 Å². The van der Waals surface area contributed by atoms with Crippen molar-refractivity contribution in [2.45, 2.75) is 12.5 Å². The van der Waals surface area contributed by atoms with Gasteiger partial charge in [-0.3, -0.25) is 9.59 Å². The van der Waals surface area contributed by atoms with Crippen LogP contribution in [0.25, 0.3) is 0 Å². The summed E-state index contributed by atoms with van der Waals surface area (Å²) < 4.78 is 5.27. The van der Waals surface area contributed by atoms with Crippen molar-refractivity contribution in [3.05, 3.63) is 65.7 Å². The predicted octanol–water partition coefficient (Wildman–Crippen LogP) is 2.19. The smallest absolute Gasteiger partial charge is 0.254 e. The third-order valence-corrected chi connectivity index (χ3v) is 4.32. The summed E-state index contributed by atoms with van der Waals surface area (Å²) in [5.74, 6) is -0.234. The summed E-state index contributed by atoms with van der Waals surface area (Å²) in [4.78, 5) is 26.6. The molecule has 1 aliphatic rings. The Morgan fingerprint density at radius 1 is 1.08 bits per heavy atom. The van der Waals surface area contributed by atoms with Crippen LogP contribution in [0, 0.1) is 0 Å². The molecule has 0 saturated carbocycles. The zero-order valence-corrected chi connectivity index (χ0v) is 14.6. The zero-order chi connectivity index (χ0) is 18.4. The number of ether oxygens (including phenoxy) is 1. The summed E-state index contributed by atoms with van der Waals surface area (Å²) in [5.41, 5.74) is 8.15. The first-order valence-corrected chi connectivity index (χ1v) is 8.71. The van der Waals surface area contributed by atoms with Gasteiger partial charge in [0.25, 0.3) is 5.91 Å². The molecule has 0 aromatic heterocycles. The molecule has 2 aromatic rings. The van der Waals surface area contributed by atoms with Gasteiger partial charge in [-0.2, -0.15) is 0 Å². The lowest BCUT2D eigenvalue weighted by Crippen LogP contribution is -2.40. The second-order valence-electron chi connectivity index (χ2n) is 6.25. The van der Waals surface area contributed by atoms with Gasteiger partial charge in [0.05, 0.1) is 13.2 Å². The largest absolute Gasteiger partial charge is 0.378 e. The van der Waals surface area contributed by atoms with Gasteiger partial charge in [0, 0.05) is 36.8 Å². The Morgan fingerprint density at radius 2 is 1.81 bits per heavy atom. The zero-order valence-electron chi connectivity index (χ0n) is 14.6. The molecule has 1 saturated heterocycles. The summed E-state index contributed by atoms with van der Waals surface area (Å²) in [6, 6.07) is 16.1. The number of benzene rings is 2. The highest BCUT2D eigenvalue weighted by Gasteiger charge is 2.19. The number of hydrogen-bond donors (Lipinski definition) is 2. The van der Waals surface area contributed by atoms with E-state index in [1.807, 2.05) is 30.3 Å². The number of morpholine rings is 1. The van der Waals surface area contributed by atoms with Crippen molar-refractivity contribution in [3.63, 3.8) is 0 Å². The molecular weight excluding hydrogens is 330 g/mol. The molecule has 1 aliphatic heterocycles. The minimum atomic E-state index is -0.366. The minimum Gasteiger partial charge on any atom is -0.378 e. The number of hydrogen-bond acceptors (Lipinski definition) is 4. The van der Waals surface area contributed by atoms with Crippen molar-refractivity contribution >= 4 is 17.5 Å². The van der Waals surface area contributed by atoms with Crippen molar-refractivity contribution in [1.29, 1.82) is 0 Å². The number of nitrogens with zero attached hydrogens (tertiary/aromatic N) is 1. The van der Waals surface area contributed by atoms with E-state index in [0.29, 0.717) is 37.6 Å². The molecule has 6 nitrogen and oxygen atoms in total. The molecular formula is C20H23N3O3. The fourth-order valence-corrected chi connectivity index (χ4v) is 2.91. The highest BCUT2D eigenvalue weighted by atomic mass is 16.5. The van der Waals surface area contributed by atoms with Crippen LogP contribution in [-0.4, -0.2) is 43.0 Å². The van der Waals surface area contributed by atoms with Gasteiger partial charge in [0.1, 0.15) is 0 Å². The molecule has 0 spiro atoms. The standard InChI is InChI=1S/C20H23N3O3/c21-18(15-5-2-1-3-6-15)14-19(24)22-17-8-4-7-16(13-17)20(25)23-9-11-26-12-10-23/h1-8,13,18H,9-12,14,21H2,(H,22,24). The molecule has 6 heteroatoms. The van der Waals surface area contributed by atoms with Gasteiger partial charge in [-0.05, 0) is 23.8 Å². The van der Waals surface area contributed by atoms with E-state index in [1.54, 1.807) is 29.2 Å². The Balaban J connectivity index is 1.61. The number of rotatable bonds is 5. The molecule has 0 radical (unpaired) electrons. The summed E-state index contributed by atoms with van der Waals surface area (Å²) in [5, 5.41) is 2.83. The molecule has 2 amide bonds. The summed E-state index contributed by atoms with van der Waals surface area (Å²) in [6.07, 6.45) is 0.172. The maximum absolute atomic E-state index is 12.5. The molecule has 0 aliphatic carbocycles. The maximum Gasteiger partial charge on any atom is 0.254 e. The molecule has 0 bridgehead atoms. The fraction of sp³-hybridized carbons (Fsp3) is 0.300. The van der Waals surface area contributed by atoms with Gasteiger partial charge in [-0.15, -0.1) is 0 Å². The molecule has 1 atom stereocenters. The molecule has 3 rings (SSSR count). The van der Waals surface area contributed by atoms with Gasteiger partial charge in [-0.1, -0.05) is 36.4 Å². The Bertz CT molecular complexity index is 758. The number of amides is 2. The van der Waals surface area contributed by atoms with Crippen LogP contribution in [0.3, 0.4) is 0 Å². The molecule has 2 aromatic carbocycles. The number of nitrogens with two attached hydrogens (primary N) is 1. The van der Waals surface area contributed by atoms with Crippen molar-refractivity contribution in [2.75, 3.05) is 31.6 Å². The quantitative estimate of drug-likeness (QED) is 0.863. The van der Waals surface area contributed by atoms with Crippen LogP contribution in [0.4, 0.5) is 5.69 Å². The van der Waals surface area contributed by atoms with Crippen LogP contribution in [0.2, 0.25) is 0 Å².